The van der Waals surface area contributed by atoms with Gasteiger partial charge in [-0.2, -0.15) is 5.10 Å². The Balaban J connectivity index is 1.51. The SMILES string of the molecule is O=S1(=O)NC(=NCc2ccc(Cn3cccn3)cc2)c2ccccc21. The van der Waals surface area contributed by atoms with Crippen LogP contribution in [0.2, 0.25) is 0 Å². The van der Waals surface area contributed by atoms with Gasteiger partial charge in [0.2, 0.25) is 0 Å². The Morgan fingerprint density at radius 2 is 1.76 bits per heavy atom. The monoisotopic (exact) mass is 352 g/mol. The number of fused-ring (bicyclic) bond motifs is 1. The fraction of sp³-hybridized carbons (Fsp3) is 0.111. The molecular weight excluding hydrogens is 336 g/mol. The molecule has 6 nitrogen and oxygen atoms in total. The third kappa shape index (κ3) is 3.18. The summed E-state index contributed by atoms with van der Waals surface area (Å²) in [4.78, 5) is 4.73. The van der Waals surface area contributed by atoms with Crippen LogP contribution in [0.5, 0.6) is 0 Å². The van der Waals surface area contributed by atoms with Crippen molar-refractivity contribution >= 4 is 15.9 Å². The Hall–Kier alpha value is -2.93. The summed E-state index contributed by atoms with van der Waals surface area (Å²) in [6.07, 6.45) is 3.68. The van der Waals surface area contributed by atoms with Crippen molar-refractivity contribution in [1.29, 1.82) is 0 Å². The van der Waals surface area contributed by atoms with Gasteiger partial charge in [0, 0.05) is 18.0 Å². The van der Waals surface area contributed by atoms with Crippen molar-refractivity contribution in [2.75, 3.05) is 0 Å². The lowest BCUT2D eigenvalue weighted by Crippen LogP contribution is -2.22. The molecule has 0 spiro atoms. The molecule has 0 fully saturated rings. The van der Waals surface area contributed by atoms with Crippen LogP contribution in [0.1, 0.15) is 16.7 Å². The molecule has 1 aliphatic rings. The molecule has 0 unspecified atom stereocenters. The molecule has 2 heterocycles. The van der Waals surface area contributed by atoms with E-state index < -0.39 is 10.0 Å². The lowest BCUT2D eigenvalue weighted by Gasteiger charge is -2.04. The van der Waals surface area contributed by atoms with Crippen molar-refractivity contribution in [3.63, 3.8) is 0 Å². The summed E-state index contributed by atoms with van der Waals surface area (Å²) in [7, 11) is -3.49. The topological polar surface area (TPSA) is 76.3 Å². The smallest absolute Gasteiger partial charge is 0.263 e. The van der Waals surface area contributed by atoms with Crippen molar-refractivity contribution in [3.8, 4) is 0 Å². The number of sulfonamides is 1. The molecule has 0 bridgehead atoms. The van der Waals surface area contributed by atoms with Crippen LogP contribution in [0.4, 0.5) is 0 Å². The fourth-order valence-electron chi connectivity index (χ4n) is 2.75. The largest absolute Gasteiger partial charge is 0.268 e. The minimum absolute atomic E-state index is 0.281. The van der Waals surface area contributed by atoms with Crippen LogP contribution in [-0.4, -0.2) is 24.0 Å². The zero-order valence-corrected chi connectivity index (χ0v) is 14.1. The molecule has 126 valence electrons. The van der Waals surface area contributed by atoms with Crippen LogP contribution in [-0.2, 0) is 23.1 Å². The highest BCUT2D eigenvalue weighted by atomic mass is 32.2. The highest BCUT2D eigenvalue weighted by molar-refractivity contribution is 7.90. The van der Waals surface area contributed by atoms with E-state index in [1.807, 2.05) is 41.2 Å². The van der Waals surface area contributed by atoms with Gasteiger partial charge in [0.1, 0.15) is 5.84 Å². The van der Waals surface area contributed by atoms with Gasteiger partial charge in [0.25, 0.3) is 10.0 Å². The van der Waals surface area contributed by atoms with Crippen molar-refractivity contribution < 1.29 is 8.42 Å². The van der Waals surface area contributed by atoms with E-state index in [2.05, 4.69) is 14.8 Å². The lowest BCUT2D eigenvalue weighted by atomic mass is 10.1. The predicted molar refractivity (Wildman–Crippen MR) is 94.8 cm³/mol. The summed E-state index contributed by atoms with van der Waals surface area (Å²) in [6, 6.07) is 16.8. The molecule has 0 aliphatic carbocycles. The second-order valence-corrected chi connectivity index (χ2v) is 7.44. The second-order valence-electron chi connectivity index (χ2n) is 5.79. The molecule has 1 N–H and O–H groups in total. The zero-order valence-electron chi connectivity index (χ0n) is 13.3. The number of nitrogens with zero attached hydrogens (tertiary/aromatic N) is 3. The van der Waals surface area contributed by atoms with Crippen molar-refractivity contribution in [3.05, 3.63) is 83.7 Å². The molecule has 0 atom stereocenters. The number of rotatable bonds is 4. The van der Waals surface area contributed by atoms with E-state index in [0.29, 0.717) is 17.9 Å². The number of amidine groups is 1. The number of hydrogen-bond donors (Lipinski definition) is 1. The number of hydrogen-bond acceptors (Lipinski definition) is 4. The first kappa shape index (κ1) is 15.6. The Labute approximate surface area is 145 Å². The molecule has 2 aromatic carbocycles. The quantitative estimate of drug-likeness (QED) is 0.782. The highest BCUT2D eigenvalue weighted by Crippen LogP contribution is 2.22. The second kappa shape index (κ2) is 6.18. The average molecular weight is 352 g/mol. The van der Waals surface area contributed by atoms with E-state index in [4.69, 9.17) is 0 Å². The van der Waals surface area contributed by atoms with E-state index in [1.54, 1.807) is 30.5 Å². The molecule has 3 aromatic rings. The molecule has 0 saturated heterocycles. The number of aliphatic imine (C=N–C) groups is 1. The first-order valence-electron chi connectivity index (χ1n) is 7.84. The number of nitrogens with one attached hydrogen (secondary N) is 1. The van der Waals surface area contributed by atoms with Crippen LogP contribution in [0.25, 0.3) is 0 Å². The zero-order chi connectivity index (χ0) is 17.3. The number of benzene rings is 2. The predicted octanol–water partition coefficient (Wildman–Crippen LogP) is 2.17. The van der Waals surface area contributed by atoms with Crippen molar-refractivity contribution in [2.24, 2.45) is 4.99 Å². The molecule has 25 heavy (non-hydrogen) atoms. The summed E-state index contributed by atoms with van der Waals surface area (Å²) in [5.41, 5.74) is 2.78. The van der Waals surface area contributed by atoms with Crippen LogP contribution in [0, 0.1) is 0 Å². The molecule has 0 saturated carbocycles. The summed E-state index contributed by atoms with van der Waals surface area (Å²) in [5.74, 6) is 0.399. The summed E-state index contributed by atoms with van der Waals surface area (Å²) in [6.45, 7) is 1.13. The minimum atomic E-state index is -3.49. The lowest BCUT2D eigenvalue weighted by molar-refractivity contribution is 0.595. The molecular formula is C18H16N4O2S. The molecule has 4 rings (SSSR count). The third-order valence-electron chi connectivity index (χ3n) is 4.01. The maximum Gasteiger partial charge on any atom is 0.263 e. The van der Waals surface area contributed by atoms with Gasteiger partial charge in [-0.3, -0.25) is 14.4 Å². The molecule has 1 aliphatic heterocycles. The first-order chi connectivity index (χ1) is 12.1. The van der Waals surface area contributed by atoms with Crippen LogP contribution in [0.3, 0.4) is 0 Å². The third-order valence-corrected chi connectivity index (χ3v) is 5.41. The molecule has 0 radical (unpaired) electrons. The summed E-state index contributed by atoms with van der Waals surface area (Å²) < 4.78 is 28.5. The van der Waals surface area contributed by atoms with Gasteiger partial charge in [0.05, 0.1) is 18.0 Å². The van der Waals surface area contributed by atoms with Gasteiger partial charge in [-0.1, -0.05) is 36.4 Å². The van der Waals surface area contributed by atoms with Gasteiger partial charge in [0.15, 0.2) is 0 Å². The Morgan fingerprint density at radius 1 is 1.00 bits per heavy atom. The maximum absolute atomic E-state index is 12.1. The van der Waals surface area contributed by atoms with E-state index in [1.165, 1.54) is 0 Å². The molecule has 1 aromatic heterocycles. The van der Waals surface area contributed by atoms with Gasteiger partial charge in [-0.25, -0.2) is 8.42 Å². The van der Waals surface area contributed by atoms with Gasteiger partial charge in [-0.05, 0) is 29.3 Å². The summed E-state index contributed by atoms with van der Waals surface area (Å²) >= 11 is 0. The Bertz CT molecular complexity index is 1020. The molecule has 7 heteroatoms. The van der Waals surface area contributed by atoms with E-state index in [9.17, 15) is 8.42 Å². The Kier molecular flexibility index (Phi) is 3.85. The normalized spacial score (nSPS) is 16.6. The van der Waals surface area contributed by atoms with E-state index in [-0.39, 0.29) is 4.90 Å². The maximum atomic E-state index is 12.1. The summed E-state index contributed by atoms with van der Waals surface area (Å²) in [5, 5.41) is 4.19. The fourth-order valence-corrected chi connectivity index (χ4v) is 4.00. The Morgan fingerprint density at radius 3 is 2.52 bits per heavy atom. The van der Waals surface area contributed by atoms with E-state index in [0.717, 1.165) is 17.7 Å². The standard InChI is InChI=1S/C18H16N4O2S/c23-25(24)17-5-2-1-4-16(17)18(21-25)19-12-14-6-8-15(9-7-14)13-22-11-3-10-20-22/h1-11H,12-13H2,(H,19,21). The number of aromatic nitrogens is 2. The van der Waals surface area contributed by atoms with Crippen LogP contribution in [0.15, 0.2) is 76.9 Å². The molecule has 0 amide bonds. The first-order valence-corrected chi connectivity index (χ1v) is 9.32. The van der Waals surface area contributed by atoms with Crippen LogP contribution >= 0.6 is 0 Å². The average Bonchev–Trinajstić information content (AvgIpc) is 3.21. The van der Waals surface area contributed by atoms with Gasteiger partial charge < -0.3 is 0 Å². The van der Waals surface area contributed by atoms with Gasteiger partial charge in [-0.15, -0.1) is 0 Å². The van der Waals surface area contributed by atoms with Crippen molar-refractivity contribution in [2.45, 2.75) is 18.0 Å². The van der Waals surface area contributed by atoms with Crippen molar-refractivity contribution in [1.82, 2.24) is 14.5 Å². The van der Waals surface area contributed by atoms with Gasteiger partial charge >= 0.3 is 0 Å². The minimum Gasteiger partial charge on any atom is -0.268 e. The van der Waals surface area contributed by atoms with Crippen LogP contribution < -0.4 is 4.72 Å². The van der Waals surface area contributed by atoms with E-state index >= 15 is 0 Å². The highest BCUT2D eigenvalue weighted by Gasteiger charge is 2.29.